The fraction of sp³-hybridized carbons (Fsp3) is 0.409. The Hall–Kier alpha value is -3.07. The molecule has 3 atom stereocenters. The number of hydrogen-bond acceptors (Lipinski definition) is 6. The van der Waals surface area contributed by atoms with Crippen LogP contribution in [0.2, 0.25) is 0 Å². The van der Waals surface area contributed by atoms with Crippen molar-refractivity contribution in [1.29, 1.82) is 0 Å². The van der Waals surface area contributed by atoms with E-state index in [9.17, 15) is 13.9 Å². The van der Waals surface area contributed by atoms with Crippen molar-refractivity contribution in [3.05, 3.63) is 42.5 Å². The van der Waals surface area contributed by atoms with Gasteiger partial charge in [0.2, 0.25) is 5.88 Å². The molecule has 2 unspecified atom stereocenters. The van der Waals surface area contributed by atoms with Gasteiger partial charge >= 0.3 is 0 Å². The minimum atomic E-state index is -1.07. The molecule has 1 aromatic carbocycles. The Labute approximate surface area is 179 Å². The zero-order valence-electron chi connectivity index (χ0n) is 17.4. The van der Waals surface area contributed by atoms with Crippen LogP contribution in [0.15, 0.2) is 36.7 Å². The number of aromatic nitrogens is 4. The van der Waals surface area contributed by atoms with E-state index in [0.29, 0.717) is 18.4 Å². The van der Waals surface area contributed by atoms with Gasteiger partial charge in [-0.1, -0.05) is 6.07 Å². The molecule has 2 aromatic heterocycles. The highest BCUT2D eigenvalue weighted by atomic mass is 19.1. The maximum Gasteiger partial charge on any atom is 0.233 e. The van der Waals surface area contributed by atoms with Gasteiger partial charge in [-0.25, -0.2) is 8.78 Å². The molecule has 3 aromatic rings. The number of alkyl halides is 1. The lowest BCUT2D eigenvalue weighted by Crippen LogP contribution is -2.35. The average molecular weight is 429 g/mol. The van der Waals surface area contributed by atoms with Gasteiger partial charge in [0.15, 0.2) is 11.6 Å². The fourth-order valence-electron chi connectivity index (χ4n) is 3.91. The first-order valence-electron chi connectivity index (χ1n) is 10.3. The summed E-state index contributed by atoms with van der Waals surface area (Å²) in [6.45, 7) is 0. The quantitative estimate of drug-likeness (QED) is 0.603. The first kappa shape index (κ1) is 21.2. The highest BCUT2D eigenvalue weighted by Crippen LogP contribution is 2.36. The third kappa shape index (κ3) is 4.51. The Kier molecular flexibility index (Phi) is 6.13. The van der Waals surface area contributed by atoms with Crippen molar-refractivity contribution in [3.63, 3.8) is 0 Å². The lowest BCUT2D eigenvalue weighted by molar-refractivity contribution is 0.0837. The highest BCUT2D eigenvalue weighted by Gasteiger charge is 2.29. The largest absolute Gasteiger partial charge is 0.504 e. The van der Waals surface area contributed by atoms with Crippen molar-refractivity contribution in [2.75, 3.05) is 7.05 Å². The molecule has 1 aliphatic rings. The topological polar surface area (TPSA) is 85.1 Å². The van der Waals surface area contributed by atoms with Crippen molar-refractivity contribution in [3.8, 4) is 34.0 Å². The van der Waals surface area contributed by atoms with E-state index in [0.717, 1.165) is 12.8 Å². The first-order chi connectivity index (χ1) is 15.0. The second kappa shape index (κ2) is 8.97. The number of hydrogen-bond donors (Lipinski definition) is 2. The third-order valence-corrected chi connectivity index (χ3v) is 5.68. The number of nitrogens with one attached hydrogen (secondary N) is 1. The van der Waals surface area contributed by atoms with Crippen LogP contribution in [0.4, 0.5) is 8.78 Å². The van der Waals surface area contributed by atoms with E-state index in [1.807, 2.05) is 7.05 Å². The van der Waals surface area contributed by atoms with Gasteiger partial charge in [0, 0.05) is 48.5 Å². The van der Waals surface area contributed by atoms with E-state index in [4.69, 9.17) is 4.74 Å². The minimum absolute atomic E-state index is 0.191. The normalized spacial score (nSPS) is 21.6. The van der Waals surface area contributed by atoms with Crippen LogP contribution in [0.1, 0.15) is 25.7 Å². The monoisotopic (exact) mass is 429 g/mol. The standard InChI is InChI=1S/C22H25F2N5O2/c1-25-14-4-3-5-17(23)19(10-14)31-20-9-8-18(27-28-20)16-7-6-15(21(24)22(16)30)13-11-26-29(2)12-13/h6-9,11-12,14,17,19,25,30H,3-5,10H2,1-2H3/t14?,17?,19-/m0/s1. The molecule has 164 valence electrons. The van der Waals surface area contributed by atoms with E-state index in [-0.39, 0.29) is 28.7 Å². The number of ether oxygens (including phenoxy) is 1. The molecule has 2 heterocycles. The summed E-state index contributed by atoms with van der Waals surface area (Å²) in [7, 11) is 3.59. The van der Waals surface area contributed by atoms with Gasteiger partial charge in [-0.15, -0.1) is 10.2 Å². The molecular formula is C22H25F2N5O2. The van der Waals surface area contributed by atoms with Crippen LogP contribution in [0.5, 0.6) is 11.6 Å². The van der Waals surface area contributed by atoms with E-state index in [1.54, 1.807) is 42.2 Å². The summed E-state index contributed by atoms with van der Waals surface area (Å²) in [5.74, 6) is -1.08. The lowest BCUT2D eigenvalue weighted by atomic mass is 10.0. The molecule has 1 saturated carbocycles. The first-order valence-corrected chi connectivity index (χ1v) is 10.3. The molecule has 9 heteroatoms. The lowest BCUT2D eigenvalue weighted by Gasteiger charge is -2.22. The predicted molar refractivity (Wildman–Crippen MR) is 112 cm³/mol. The highest BCUT2D eigenvalue weighted by molar-refractivity contribution is 5.74. The Balaban J connectivity index is 1.53. The summed E-state index contributed by atoms with van der Waals surface area (Å²) < 4.78 is 36.5. The van der Waals surface area contributed by atoms with Gasteiger partial charge in [0.05, 0.1) is 11.9 Å². The van der Waals surface area contributed by atoms with E-state index < -0.39 is 23.8 Å². The molecule has 4 rings (SSSR count). The maximum absolute atomic E-state index is 14.8. The van der Waals surface area contributed by atoms with Crippen molar-refractivity contribution >= 4 is 0 Å². The summed E-state index contributed by atoms with van der Waals surface area (Å²) in [5.41, 5.74) is 1.29. The number of phenolic OH excluding ortho intramolecular Hbond substituents is 1. The molecular weight excluding hydrogens is 404 g/mol. The molecule has 1 aliphatic carbocycles. The van der Waals surface area contributed by atoms with Gasteiger partial charge in [-0.05, 0) is 38.4 Å². The number of aryl methyl sites for hydroxylation is 1. The molecule has 1 fully saturated rings. The van der Waals surface area contributed by atoms with Crippen molar-refractivity contribution in [2.24, 2.45) is 7.05 Å². The number of rotatable bonds is 5. The number of benzene rings is 1. The predicted octanol–water partition coefficient (Wildman–Crippen LogP) is 3.64. The molecule has 31 heavy (non-hydrogen) atoms. The van der Waals surface area contributed by atoms with Crippen LogP contribution in [0.25, 0.3) is 22.4 Å². The Bertz CT molecular complexity index is 1040. The third-order valence-electron chi connectivity index (χ3n) is 5.68. The smallest absolute Gasteiger partial charge is 0.233 e. The van der Waals surface area contributed by atoms with Crippen LogP contribution in [-0.4, -0.2) is 50.4 Å². The van der Waals surface area contributed by atoms with Gasteiger partial charge < -0.3 is 15.2 Å². The van der Waals surface area contributed by atoms with Crippen LogP contribution < -0.4 is 10.1 Å². The zero-order valence-corrected chi connectivity index (χ0v) is 17.4. The maximum atomic E-state index is 14.8. The van der Waals surface area contributed by atoms with Gasteiger partial charge in [-0.3, -0.25) is 4.68 Å². The molecule has 0 aliphatic heterocycles. The van der Waals surface area contributed by atoms with Crippen LogP contribution in [0.3, 0.4) is 0 Å². The van der Waals surface area contributed by atoms with E-state index in [1.165, 1.54) is 6.20 Å². The van der Waals surface area contributed by atoms with Crippen molar-refractivity contribution < 1.29 is 18.6 Å². The minimum Gasteiger partial charge on any atom is -0.504 e. The SMILES string of the molecule is CNC1CCCC(F)[C@@H](Oc2ccc(-c3ccc(-c4cnn(C)c4)c(F)c3O)nn2)C1. The Morgan fingerprint density at radius 3 is 2.65 bits per heavy atom. The zero-order chi connectivity index (χ0) is 22.0. The molecule has 2 N–H and O–H groups in total. The average Bonchev–Trinajstić information content (AvgIpc) is 3.12. The van der Waals surface area contributed by atoms with Crippen LogP contribution in [-0.2, 0) is 7.05 Å². The van der Waals surface area contributed by atoms with Crippen molar-refractivity contribution in [2.45, 2.75) is 44.0 Å². The molecule has 7 nitrogen and oxygen atoms in total. The molecule has 0 saturated heterocycles. The number of phenols is 1. The molecule has 0 bridgehead atoms. The van der Waals surface area contributed by atoms with Gasteiger partial charge in [-0.2, -0.15) is 5.10 Å². The van der Waals surface area contributed by atoms with E-state index >= 15 is 0 Å². The van der Waals surface area contributed by atoms with Crippen LogP contribution >= 0.6 is 0 Å². The molecule has 0 spiro atoms. The number of nitrogens with zero attached hydrogens (tertiary/aromatic N) is 4. The van der Waals surface area contributed by atoms with Gasteiger partial charge in [0.25, 0.3) is 0 Å². The van der Waals surface area contributed by atoms with Gasteiger partial charge in [0.1, 0.15) is 12.3 Å². The summed E-state index contributed by atoms with van der Waals surface area (Å²) in [6, 6.07) is 6.45. The Morgan fingerprint density at radius 1 is 1.16 bits per heavy atom. The number of halogens is 2. The summed E-state index contributed by atoms with van der Waals surface area (Å²) in [4.78, 5) is 0. The summed E-state index contributed by atoms with van der Waals surface area (Å²) in [6.07, 6.45) is 4.20. The molecule has 0 radical (unpaired) electrons. The second-order valence-corrected chi connectivity index (χ2v) is 7.81. The second-order valence-electron chi connectivity index (χ2n) is 7.81. The molecule has 0 amide bonds. The summed E-state index contributed by atoms with van der Waals surface area (Å²) >= 11 is 0. The number of aromatic hydroxyl groups is 1. The fourth-order valence-corrected chi connectivity index (χ4v) is 3.91. The summed E-state index contributed by atoms with van der Waals surface area (Å²) in [5, 5.41) is 25.7. The van der Waals surface area contributed by atoms with E-state index in [2.05, 4.69) is 20.6 Å². The Morgan fingerprint density at radius 2 is 1.97 bits per heavy atom. The van der Waals surface area contributed by atoms with Crippen LogP contribution in [0, 0.1) is 5.82 Å². The van der Waals surface area contributed by atoms with Crippen molar-refractivity contribution in [1.82, 2.24) is 25.3 Å².